The molecule has 2 aromatic rings. The highest BCUT2D eigenvalue weighted by atomic mass is 35.5. The van der Waals surface area contributed by atoms with E-state index in [0.29, 0.717) is 20.9 Å². The summed E-state index contributed by atoms with van der Waals surface area (Å²) in [6, 6.07) is 7.13. The predicted molar refractivity (Wildman–Crippen MR) is 71.3 cm³/mol. The first-order chi connectivity index (χ1) is 8.11. The van der Waals surface area contributed by atoms with Crippen molar-refractivity contribution in [1.29, 1.82) is 0 Å². The third-order valence-electron chi connectivity index (χ3n) is 2.25. The first-order valence-corrected chi connectivity index (χ1v) is 5.90. The maximum atomic E-state index is 6.00. The monoisotopic (exact) mass is 287 g/mol. The third kappa shape index (κ3) is 2.65. The normalized spacial score (nSPS) is 10.4. The molecule has 5 heteroatoms. The summed E-state index contributed by atoms with van der Waals surface area (Å²) in [5.74, 6) is 0.399. The number of benzene rings is 1. The topological polar surface area (TPSA) is 22.1 Å². The van der Waals surface area contributed by atoms with Crippen LogP contribution in [0.3, 0.4) is 0 Å². The molecule has 0 unspecified atom stereocenters. The minimum atomic E-state index is 0.399. The molecule has 0 atom stereocenters. The van der Waals surface area contributed by atoms with Crippen LogP contribution in [-0.4, -0.2) is 12.1 Å². The maximum Gasteiger partial charge on any atom is 0.232 e. The van der Waals surface area contributed by atoms with Gasteiger partial charge in [-0.05, 0) is 23.8 Å². The van der Waals surface area contributed by atoms with Crippen molar-refractivity contribution in [3.8, 4) is 17.0 Å². The van der Waals surface area contributed by atoms with Gasteiger partial charge in [0.05, 0.1) is 17.2 Å². The van der Waals surface area contributed by atoms with Gasteiger partial charge in [0.15, 0.2) is 0 Å². The van der Waals surface area contributed by atoms with E-state index in [4.69, 9.17) is 39.5 Å². The van der Waals surface area contributed by atoms with Crippen molar-refractivity contribution in [3.05, 3.63) is 45.5 Å². The Bertz CT molecular complexity index is 557. The summed E-state index contributed by atoms with van der Waals surface area (Å²) in [5.41, 5.74) is 1.76. The molecule has 0 saturated carbocycles. The molecule has 0 aliphatic heterocycles. The molecular formula is C12H8Cl3NO. The zero-order valence-electron chi connectivity index (χ0n) is 8.88. The molecule has 0 aliphatic carbocycles. The van der Waals surface area contributed by atoms with Gasteiger partial charge in [0.2, 0.25) is 5.88 Å². The van der Waals surface area contributed by atoms with Crippen molar-refractivity contribution >= 4 is 34.8 Å². The Morgan fingerprint density at radius 3 is 2.24 bits per heavy atom. The van der Waals surface area contributed by atoms with E-state index in [1.165, 1.54) is 7.11 Å². The minimum absolute atomic E-state index is 0.399. The number of halogens is 3. The molecule has 1 aromatic heterocycles. The molecule has 2 rings (SSSR count). The molecule has 1 aromatic carbocycles. The van der Waals surface area contributed by atoms with Crippen LogP contribution in [0, 0.1) is 0 Å². The Kier molecular flexibility index (Phi) is 3.77. The van der Waals surface area contributed by atoms with Gasteiger partial charge in [0.25, 0.3) is 0 Å². The molecule has 1 heterocycles. The number of methoxy groups -OCH3 is 1. The van der Waals surface area contributed by atoms with Crippen LogP contribution >= 0.6 is 34.8 Å². The fourth-order valence-electron chi connectivity index (χ4n) is 1.41. The van der Waals surface area contributed by atoms with Crippen LogP contribution < -0.4 is 4.74 Å². The number of pyridine rings is 1. The molecule has 0 N–H and O–H groups in total. The van der Waals surface area contributed by atoms with Crippen LogP contribution in [0.25, 0.3) is 11.1 Å². The standard InChI is InChI=1S/C12H8Cl3NO/c1-17-12-11(15)5-8(6-16-12)7-2-3-9(13)10(14)4-7/h2-6H,1H3. The molecule has 0 saturated heterocycles. The number of ether oxygens (including phenoxy) is 1. The van der Waals surface area contributed by atoms with Crippen LogP contribution in [0.5, 0.6) is 5.88 Å². The summed E-state index contributed by atoms with van der Waals surface area (Å²) in [6.07, 6.45) is 1.67. The molecule has 17 heavy (non-hydrogen) atoms. The van der Waals surface area contributed by atoms with Crippen LogP contribution in [-0.2, 0) is 0 Å². The lowest BCUT2D eigenvalue weighted by molar-refractivity contribution is 0.398. The minimum Gasteiger partial charge on any atom is -0.480 e. The molecular weight excluding hydrogens is 280 g/mol. The highest BCUT2D eigenvalue weighted by molar-refractivity contribution is 6.42. The van der Waals surface area contributed by atoms with Crippen molar-refractivity contribution in [2.45, 2.75) is 0 Å². The van der Waals surface area contributed by atoms with E-state index >= 15 is 0 Å². The summed E-state index contributed by atoms with van der Waals surface area (Å²) in [7, 11) is 1.52. The number of nitrogens with zero attached hydrogens (tertiary/aromatic N) is 1. The van der Waals surface area contributed by atoms with E-state index in [1.807, 2.05) is 6.07 Å². The highest BCUT2D eigenvalue weighted by Crippen LogP contribution is 2.31. The summed E-state index contributed by atoms with van der Waals surface area (Å²) < 4.78 is 4.99. The number of hydrogen-bond donors (Lipinski definition) is 0. The van der Waals surface area contributed by atoms with E-state index in [0.717, 1.165) is 11.1 Å². The van der Waals surface area contributed by atoms with E-state index in [-0.39, 0.29) is 0 Å². The van der Waals surface area contributed by atoms with Gasteiger partial charge < -0.3 is 4.74 Å². The first kappa shape index (κ1) is 12.5. The van der Waals surface area contributed by atoms with E-state index in [9.17, 15) is 0 Å². The second-order valence-corrected chi connectivity index (χ2v) is 4.57. The predicted octanol–water partition coefficient (Wildman–Crippen LogP) is 4.72. The average Bonchev–Trinajstić information content (AvgIpc) is 2.32. The maximum absolute atomic E-state index is 6.00. The molecule has 0 spiro atoms. The van der Waals surface area contributed by atoms with Gasteiger partial charge >= 0.3 is 0 Å². The van der Waals surface area contributed by atoms with Crippen LogP contribution in [0.2, 0.25) is 15.1 Å². The molecule has 0 fully saturated rings. The van der Waals surface area contributed by atoms with Gasteiger partial charge in [-0.1, -0.05) is 40.9 Å². The van der Waals surface area contributed by atoms with Crippen LogP contribution in [0.4, 0.5) is 0 Å². The fraction of sp³-hybridized carbons (Fsp3) is 0.0833. The Morgan fingerprint density at radius 2 is 1.65 bits per heavy atom. The number of hydrogen-bond acceptors (Lipinski definition) is 2. The summed E-state index contributed by atoms with van der Waals surface area (Å²) in [4.78, 5) is 4.09. The van der Waals surface area contributed by atoms with E-state index in [1.54, 1.807) is 24.4 Å². The first-order valence-electron chi connectivity index (χ1n) is 4.77. The van der Waals surface area contributed by atoms with Crippen LogP contribution in [0.1, 0.15) is 0 Å². The lowest BCUT2D eigenvalue weighted by Crippen LogP contribution is -1.89. The average molecular weight is 289 g/mol. The van der Waals surface area contributed by atoms with Crippen molar-refractivity contribution < 1.29 is 4.74 Å². The van der Waals surface area contributed by atoms with Crippen LogP contribution in [0.15, 0.2) is 30.5 Å². The zero-order valence-corrected chi connectivity index (χ0v) is 11.1. The largest absolute Gasteiger partial charge is 0.480 e. The quantitative estimate of drug-likeness (QED) is 0.798. The third-order valence-corrected chi connectivity index (χ3v) is 3.26. The molecule has 0 bridgehead atoms. The summed E-state index contributed by atoms with van der Waals surface area (Å²) >= 11 is 17.8. The van der Waals surface area contributed by atoms with E-state index in [2.05, 4.69) is 4.98 Å². The second kappa shape index (κ2) is 5.13. The van der Waals surface area contributed by atoms with Crippen molar-refractivity contribution in [1.82, 2.24) is 4.98 Å². The molecule has 2 nitrogen and oxygen atoms in total. The Hall–Kier alpha value is -0.960. The van der Waals surface area contributed by atoms with E-state index < -0.39 is 0 Å². The van der Waals surface area contributed by atoms with Gasteiger partial charge in [-0.2, -0.15) is 0 Å². The Labute approximate surface area is 114 Å². The van der Waals surface area contributed by atoms with Crippen molar-refractivity contribution in [2.24, 2.45) is 0 Å². The Balaban J connectivity index is 2.46. The number of rotatable bonds is 2. The van der Waals surface area contributed by atoms with Crippen molar-refractivity contribution in [2.75, 3.05) is 7.11 Å². The highest BCUT2D eigenvalue weighted by Gasteiger charge is 2.06. The Morgan fingerprint density at radius 1 is 0.941 bits per heavy atom. The fourth-order valence-corrected chi connectivity index (χ4v) is 1.95. The number of aromatic nitrogens is 1. The molecule has 88 valence electrons. The SMILES string of the molecule is COc1ncc(-c2ccc(Cl)c(Cl)c2)cc1Cl. The smallest absolute Gasteiger partial charge is 0.232 e. The molecule has 0 radical (unpaired) electrons. The van der Waals surface area contributed by atoms with Crippen molar-refractivity contribution in [3.63, 3.8) is 0 Å². The van der Waals surface area contributed by atoms with Gasteiger partial charge in [-0.15, -0.1) is 0 Å². The van der Waals surface area contributed by atoms with Gasteiger partial charge in [-0.3, -0.25) is 0 Å². The lowest BCUT2D eigenvalue weighted by Gasteiger charge is -2.06. The lowest BCUT2D eigenvalue weighted by atomic mass is 10.1. The molecule has 0 aliphatic rings. The van der Waals surface area contributed by atoms with Gasteiger partial charge in [0.1, 0.15) is 5.02 Å². The zero-order chi connectivity index (χ0) is 12.4. The van der Waals surface area contributed by atoms with Gasteiger partial charge in [0, 0.05) is 11.8 Å². The second-order valence-electron chi connectivity index (χ2n) is 3.34. The summed E-state index contributed by atoms with van der Waals surface area (Å²) in [6.45, 7) is 0. The van der Waals surface area contributed by atoms with Gasteiger partial charge in [-0.25, -0.2) is 4.98 Å². The summed E-state index contributed by atoms with van der Waals surface area (Å²) in [5, 5.41) is 1.47. The molecule has 0 amide bonds.